The summed E-state index contributed by atoms with van der Waals surface area (Å²) in [5.74, 6) is 0. The maximum Gasteiger partial charge on any atom is 0.293 e. The molecule has 0 aromatic heterocycles. The van der Waals surface area contributed by atoms with E-state index in [1.54, 1.807) is 0 Å². The minimum atomic E-state index is -0.318. The van der Waals surface area contributed by atoms with Gasteiger partial charge in [-0.2, -0.15) is 0 Å². The SMILES string of the molecule is CC(C)(C)OC=O.NCC12CN1CCO2. The van der Waals surface area contributed by atoms with E-state index in [2.05, 4.69) is 9.64 Å². The van der Waals surface area contributed by atoms with Crippen molar-refractivity contribution in [2.24, 2.45) is 5.73 Å². The number of carbonyl (C=O) groups is 1. The number of hydrogen-bond donors (Lipinski definition) is 1. The maximum atomic E-state index is 9.60. The monoisotopic (exact) mass is 216 g/mol. The van der Waals surface area contributed by atoms with Crippen LogP contribution in [0.4, 0.5) is 0 Å². The fraction of sp³-hybridized carbons (Fsp3) is 0.900. The molecule has 15 heavy (non-hydrogen) atoms. The van der Waals surface area contributed by atoms with Gasteiger partial charge in [0.25, 0.3) is 6.47 Å². The van der Waals surface area contributed by atoms with E-state index in [0.717, 1.165) is 19.7 Å². The summed E-state index contributed by atoms with van der Waals surface area (Å²) in [5, 5.41) is 0. The molecule has 5 heteroatoms. The largest absolute Gasteiger partial charge is 0.462 e. The number of nitrogens with two attached hydrogens (primary N) is 1. The number of carbonyl (C=O) groups excluding carboxylic acids is 1. The van der Waals surface area contributed by atoms with E-state index < -0.39 is 0 Å². The zero-order valence-corrected chi connectivity index (χ0v) is 9.66. The molecule has 2 rings (SSSR count). The topological polar surface area (TPSA) is 64.6 Å². The van der Waals surface area contributed by atoms with Crippen molar-refractivity contribution in [3.8, 4) is 0 Å². The molecule has 5 nitrogen and oxygen atoms in total. The van der Waals surface area contributed by atoms with Crippen LogP contribution in [-0.2, 0) is 14.3 Å². The van der Waals surface area contributed by atoms with Crippen LogP contribution in [0.3, 0.4) is 0 Å². The second kappa shape index (κ2) is 4.47. The Morgan fingerprint density at radius 3 is 2.40 bits per heavy atom. The molecule has 0 radical (unpaired) electrons. The lowest BCUT2D eigenvalue weighted by Gasteiger charge is -2.14. The van der Waals surface area contributed by atoms with Crippen molar-refractivity contribution in [3.63, 3.8) is 0 Å². The minimum absolute atomic E-state index is 0.0139. The fourth-order valence-corrected chi connectivity index (χ4v) is 1.43. The van der Waals surface area contributed by atoms with Crippen LogP contribution < -0.4 is 5.73 Å². The second-order valence-corrected chi connectivity index (χ2v) is 4.75. The molecule has 2 saturated heterocycles. The molecule has 2 unspecified atom stereocenters. The van der Waals surface area contributed by atoms with Gasteiger partial charge in [0.05, 0.1) is 6.61 Å². The lowest BCUT2D eigenvalue weighted by atomic mass is 10.2. The van der Waals surface area contributed by atoms with Crippen LogP contribution in [0, 0.1) is 0 Å². The molecule has 0 aliphatic carbocycles. The van der Waals surface area contributed by atoms with E-state index in [1.165, 1.54) is 0 Å². The highest BCUT2D eigenvalue weighted by Gasteiger charge is 2.55. The highest BCUT2D eigenvalue weighted by Crippen LogP contribution is 2.36. The first-order valence-electron chi connectivity index (χ1n) is 5.14. The third-order valence-electron chi connectivity index (χ3n) is 2.36. The van der Waals surface area contributed by atoms with E-state index in [4.69, 9.17) is 10.5 Å². The summed E-state index contributed by atoms with van der Waals surface area (Å²) in [7, 11) is 0. The van der Waals surface area contributed by atoms with Gasteiger partial charge in [0.15, 0.2) is 0 Å². The van der Waals surface area contributed by atoms with Crippen LogP contribution in [0.25, 0.3) is 0 Å². The zero-order chi connectivity index (χ0) is 11.5. The number of nitrogens with zero attached hydrogens (tertiary/aromatic N) is 1. The number of ether oxygens (including phenoxy) is 2. The lowest BCUT2D eigenvalue weighted by molar-refractivity contribution is -0.138. The summed E-state index contributed by atoms with van der Waals surface area (Å²) >= 11 is 0. The second-order valence-electron chi connectivity index (χ2n) is 4.75. The summed E-state index contributed by atoms with van der Waals surface area (Å²) < 4.78 is 9.91. The van der Waals surface area contributed by atoms with E-state index in [0.29, 0.717) is 13.0 Å². The van der Waals surface area contributed by atoms with E-state index >= 15 is 0 Å². The summed E-state index contributed by atoms with van der Waals surface area (Å²) in [6.45, 7) is 9.59. The summed E-state index contributed by atoms with van der Waals surface area (Å²) in [6, 6.07) is 0. The lowest BCUT2D eigenvalue weighted by Crippen LogP contribution is -2.26. The summed E-state index contributed by atoms with van der Waals surface area (Å²) in [5.41, 5.74) is 5.14. The Morgan fingerprint density at radius 1 is 1.60 bits per heavy atom. The molecule has 88 valence electrons. The Morgan fingerprint density at radius 2 is 2.27 bits per heavy atom. The van der Waals surface area contributed by atoms with E-state index in [-0.39, 0.29) is 11.3 Å². The van der Waals surface area contributed by atoms with Crippen molar-refractivity contribution < 1.29 is 14.3 Å². The van der Waals surface area contributed by atoms with Gasteiger partial charge in [-0.25, -0.2) is 0 Å². The molecule has 0 spiro atoms. The molecular weight excluding hydrogens is 196 g/mol. The average Bonchev–Trinajstić information content (AvgIpc) is 2.69. The maximum absolute atomic E-state index is 9.60. The third-order valence-corrected chi connectivity index (χ3v) is 2.36. The smallest absolute Gasteiger partial charge is 0.293 e. The van der Waals surface area contributed by atoms with Gasteiger partial charge in [-0.1, -0.05) is 0 Å². The fourth-order valence-electron chi connectivity index (χ4n) is 1.43. The van der Waals surface area contributed by atoms with E-state index in [1.807, 2.05) is 20.8 Å². The number of hydrogen-bond acceptors (Lipinski definition) is 5. The first-order valence-corrected chi connectivity index (χ1v) is 5.14. The Kier molecular flexibility index (Phi) is 3.70. The molecule has 2 aliphatic rings. The molecule has 0 aromatic carbocycles. The minimum Gasteiger partial charge on any atom is -0.462 e. The van der Waals surface area contributed by atoms with Crippen LogP contribution in [0.15, 0.2) is 0 Å². The molecule has 2 N–H and O–H groups in total. The van der Waals surface area contributed by atoms with Crippen LogP contribution in [0.5, 0.6) is 0 Å². The van der Waals surface area contributed by atoms with Crippen molar-refractivity contribution in [2.75, 3.05) is 26.2 Å². The van der Waals surface area contributed by atoms with Gasteiger partial charge in [-0.05, 0) is 20.8 Å². The number of rotatable bonds is 2. The quantitative estimate of drug-likeness (QED) is 0.517. The third kappa shape index (κ3) is 3.44. The molecule has 2 fully saturated rings. The molecule has 0 bridgehead atoms. The standard InChI is InChI=1S/C5H10N2O.C5H10O2/c6-3-5-4-7(5)1-2-8-5;1-5(2,3)7-4-6/h1-4,6H2;4H,1-3H3. The number of fused-ring (bicyclic) bond motifs is 1. The van der Waals surface area contributed by atoms with Gasteiger partial charge < -0.3 is 15.2 Å². The highest BCUT2D eigenvalue weighted by molar-refractivity contribution is 5.37. The van der Waals surface area contributed by atoms with Crippen LogP contribution in [0.1, 0.15) is 20.8 Å². The van der Waals surface area contributed by atoms with Crippen LogP contribution >= 0.6 is 0 Å². The van der Waals surface area contributed by atoms with Crippen molar-refractivity contribution >= 4 is 6.47 Å². The first-order chi connectivity index (χ1) is 6.93. The van der Waals surface area contributed by atoms with Crippen LogP contribution in [-0.4, -0.2) is 48.9 Å². The summed E-state index contributed by atoms with van der Waals surface area (Å²) in [4.78, 5) is 11.9. The normalized spacial score (nSPS) is 32.4. The molecule has 2 aliphatic heterocycles. The average molecular weight is 216 g/mol. The van der Waals surface area contributed by atoms with Gasteiger partial charge in [0.2, 0.25) is 0 Å². The Labute approximate surface area is 90.5 Å². The van der Waals surface area contributed by atoms with Gasteiger partial charge in [0, 0.05) is 19.6 Å². The van der Waals surface area contributed by atoms with Gasteiger partial charge in [-0.3, -0.25) is 9.69 Å². The molecule has 2 heterocycles. The highest BCUT2D eigenvalue weighted by atomic mass is 16.5. The zero-order valence-electron chi connectivity index (χ0n) is 9.66. The van der Waals surface area contributed by atoms with Crippen molar-refractivity contribution in [3.05, 3.63) is 0 Å². The number of morpholine rings is 1. The van der Waals surface area contributed by atoms with Gasteiger partial charge in [-0.15, -0.1) is 0 Å². The Bertz CT molecular complexity index is 223. The van der Waals surface area contributed by atoms with Crippen molar-refractivity contribution in [2.45, 2.75) is 32.1 Å². The van der Waals surface area contributed by atoms with Gasteiger partial charge >= 0.3 is 0 Å². The molecule has 0 aromatic rings. The Balaban J connectivity index is 0.000000153. The summed E-state index contributed by atoms with van der Waals surface area (Å²) in [6.07, 6.45) is 0. The predicted octanol–water partition coefficient (Wildman–Crippen LogP) is -0.0549. The van der Waals surface area contributed by atoms with Crippen molar-refractivity contribution in [1.82, 2.24) is 4.90 Å². The molecule has 2 atom stereocenters. The van der Waals surface area contributed by atoms with Crippen LogP contribution in [0.2, 0.25) is 0 Å². The molecule has 0 amide bonds. The van der Waals surface area contributed by atoms with Gasteiger partial charge in [0.1, 0.15) is 11.3 Å². The molecular formula is C10H20N2O3. The predicted molar refractivity (Wildman–Crippen MR) is 56.2 cm³/mol. The molecule has 0 saturated carbocycles. The first kappa shape index (κ1) is 12.4. The van der Waals surface area contributed by atoms with E-state index in [9.17, 15) is 4.79 Å². The Hall–Kier alpha value is -0.650. The van der Waals surface area contributed by atoms with Crippen molar-refractivity contribution in [1.29, 1.82) is 0 Å².